The van der Waals surface area contributed by atoms with Crippen LogP contribution in [0.1, 0.15) is 16.1 Å². The zero-order chi connectivity index (χ0) is 21.7. The van der Waals surface area contributed by atoms with E-state index in [2.05, 4.69) is 5.32 Å². The number of hydrogen-bond donors (Lipinski definition) is 1. The monoisotopic (exact) mass is 408 g/mol. The van der Waals surface area contributed by atoms with E-state index < -0.39 is 17.8 Å². The summed E-state index contributed by atoms with van der Waals surface area (Å²) in [5.41, 5.74) is 1.87. The lowest BCUT2D eigenvalue weighted by molar-refractivity contribution is -0.139. The average molecular weight is 408 g/mol. The lowest BCUT2D eigenvalue weighted by Crippen LogP contribution is -2.27. The number of carbonyl (C=O) groups is 3. The quantitative estimate of drug-likeness (QED) is 0.758. The van der Waals surface area contributed by atoms with E-state index in [0.29, 0.717) is 11.4 Å². The molecule has 154 valence electrons. The number of methoxy groups -OCH3 is 2. The third-order valence-electron chi connectivity index (χ3n) is 4.36. The van der Waals surface area contributed by atoms with Gasteiger partial charge in [-0.15, -0.1) is 0 Å². The van der Waals surface area contributed by atoms with Crippen molar-refractivity contribution in [2.24, 2.45) is 0 Å². The number of allylic oxidation sites excluding steroid dienone is 2. The number of rotatable bonds is 5. The summed E-state index contributed by atoms with van der Waals surface area (Å²) in [6.07, 6.45) is 7.80. The minimum absolute atomic E-state index is 0.00744. The van der Waals surface area contributed by atoms with Crippen LogP contribution in [0.15, 0.2) is 76.7 Å². The highest BCUT2D eigenvalue weighted by Gasteiger charge is 2.28. The van der Waals surface area contributed by atoms with E-state index in [1.54, 1.807) is 48.7 Å². The van der Waals surface area contributed by atoms with Gasteiger partial charge in [-0.25, -0.2) is 9.59 Å². The second-order valence-corrected chi connectivity index (χ2v) is 6.25. The van der Waals surface area contributed by atoms with Gasteiger partial charge in [-0.3, -0.25) is 4.79 Å². The molecule has 1 aromatic carbocycles. The van der Waals surface area contributed by atoms with Crippen LogP contribution in [0.2, 0.25) is 0 Å². The molecule has 0 fully saturated rings. The zero-order valence-electron chi connectivity index (χ0n) is 16.7. The molecule has 0 saturated heterocycles. The number of nitrogens with one attached hydrogen (secondary N) is 1. The number of aryl methyl sites for hydroxylation is 1. The van der Waals surface area contributed by atoms with Crippen molar-refractivity contribution in [2.45, 2.75) is 6.92 Å². The molecule has 8 heteroatoms. The maximum Gasteiger partial charge on any atom is 0.355 e. The number of esters is 2. The van der Waals surface area contributed by atoms with E-state index in [4.69, 9.17) is 13.9 Å². The first kappa shape index (κ1) is 20.7. The van der Waals surface area contributed by atoms with Crippen molar-refractivity contribution < 1.29 is 28.3 Å². The molecule has 1 aliphatic heterocycles. The molecule has 0 saturated carbocycles. The van der Waals surface area contributed by atoms with Gasteiger partial charge in [0.05, 0.1) is 31.7 Å². The summed E-state index contributed by atoms with van der Waals surface area (Å²) in [5, 5.41) is 2.75. The van der Waals surface area contributed by atoms with Crippen LogP contribution in [0.3, 0.4) is 0 Å². The number of furan rings is 1. The van der Waals surface area contributed by atoms with Gasteiger partial charge in [0, 0.05) is 11.9 Å². The molecule has 8 nitrogen and oxygen atoms in total. The van der Waals surface area contributed by atoms with E-state index in [1.165, 1.54) is 31.5 Å². The van der Waals surface area contributed by atoms with Crippen molar-refractivity contribution in [2.75, 3.05) is 24.4 Å². The summed E-state index contributed by atoms with van der Waals surface area (Å²) < 4.78 is 14.8. The molecule has 3 rings (SSSR count). The van der Waals surface area contributed by atoms with Crippen molar-refractivity contribution in [3.63, 3.8) is 0 Å². The third kappa shape index (κ3) is 4.17. The number of nitrogens with zero attached hydrogens (tertiary/aromatic N) is 1. The number of carbonyl (C=O) groups excluding carboxylic acids is 3. The van der Waals surface area contributed by atoms with E-state index in [9.17, 15) is 14.4 Å². The minimum atomic E-state index is -0.712. The zero-order valence-corrected chi connectivity index (χ0v) is 16.7. The fourth-order valence-electron chi connectivity index (χ4n) is 2.90. The number of amides is 1. The van der Waals surface area contributed by atoms with Crippen molar-refractivity contribution in [3.8, 4) is 0 Å². The molecule has 0 aliphatic carbocycles. The largest absolute Gasteiger partial charge is 0.465 e. The predicted molar refractivity (Wildman–Crippen MR) is 110 cm³/mol. The Balaban J connectivity index is 2.06. The van der Waals surface area contributed by atoms with Gasteiger partial charge in [-0.2, -0.15) is 0 Å². The number of ether oxygens (including phenoxy) is 2. The maximum absolute atomic E-state index is 12.6. The van der Waals surface area contributed by atoms with Crippen molar-refractivity contribution in [3.05, 3.63) is 83.6 Å². The molecule has 0 radical (unpaired) electrons. The fourth-order valence-corrected chi connectivity index (χ4v) is 2.90. The average Bonchev–Trinajstić information content (AvgIpc) is 3.21. The van der Waals surface area contributed by atoms with E-state index in [1.807, 2.05) is 6.92 Å². The second kappa shape index (κ2) is 8.95. The van der Waals surface area contributed by atoms with Crippen LogP contribution in [0.25, 0.3) is 0 Å². The molecular formula is C22H20N2O6. The second-order valence-electron chi connectivity index (χ2n) is 6.25. The Morgan fingerprint density at radius 1 is 1.03 bits per heavy atom. The van der Waals surface area contributed by atoms with Crippen molar-refractivity contribution >= 4 is 29.2 Å². The highest BCUT2D eigenvalue weighted by Crippen LogP contribution is 2.31. The molecule has 1 amide bonds. The molecule has 1 aliphatic rings. The molecule has 2 heterocycles. The van der Waals surface area contributed by atoms with E-state index >= 15 is 0 Å². The number of hydrogen-bond acceptors (Lipinski definition) is 7. The minimum Gasteiger partial charge on any atom is -0.465 e. The highest BCUT2D eigenvalue weighted by atomic mass is 16.5. The Hall–Kier alpha value is -4.07. The van der Waals surface area contributed by atoms with E-state index in [-0.39, 0.29) is 17.0 Å². The standard InChI is InChI=1S/C22H20N2O6/c1-14-9-10-15(23-20(25)18-8-6-12-30-18)13-17(14)24-11-5-4-7-16(21(26)28-2)19(24)22(27)29-3/h4-13H,1-3H3,(H,23,25). The first-order valence-electron chi connectivity index (χ1n) is 8.96. The topological polar surface area (TPSA) is 98.1 Å². The summed E-state index contributed by atoms with van der Waals surface area (Å²) in [7, 11) is 2.46. The maximum atomic E-state index is 12.6. The molecule has 1 N–H and O–H groups in total. The fraction of sp³-hybridized carbons (Fsp3) is 0.136. The Bertz CT molecular complexity index is 1060. The number of benzene rings is 1. The summed E-state index contributed by atoms with van der Waals surface area (Å²) in [6, 6.07) is 8.36. The third-order valence-corrected chi connectivity index (χ3v) is 4.36. The summed E-state index contributed by atoms with van der Waals surface area (Å²) in [5.74, 6) is -1.64. The van der Waals surface area contributed by atoms with Crippen LogP contribution in [0.5, 0.6) is 0 Å². The van der Waals surface area contributed by atoms with Gasteiger partial charge in [0.1, 0.15) is 5.70 Å². The Morgan fingerprint density at radius 3 is 2.47 bits per heavy atom. The van der Waals surface area contributed by atoms with Crippen LogP contribution in [-0.4, -0.2) is 32.1 Å². The smallest absolute Gasteiger partial charge is 0.355 e. The van der Waals surface area contributed by atoms with Crippen LogP contribution < -0.4 is 10.2 Å². The molecule has 0 unspecified atom stereocenters. The van der Waals surface area contributed by atoms with Crippen molar-refractivity contribution in [1.29, 1.82) is 0 Å². The van der Waals surface area contributed by atoms with Gasteiger partial charge in [-0.05, 0) is 48.9 Å². The van der Waals surface area contributed by atoms with Gasteiger partial charge < -0.3 is 24.1 Å². The highest BCUT2D eigenvalue weighted by molar-refractivity contribution is 6.06. The molecule has 0 atom stereocenters. The Labute approximate surface area is 173 Å². The summed E-state index contributed by atoms with van der Waals surface area (Å²) >= 11 is 0. The Kier molecular flexibility index (Phi) is 6.17. The SMILES string of the molecule is COC(=O)C1=C(C(=O)OC)N(c2cc(NC(=O)c3ccco3)ccc2C)C=CC=C1. The summed E-state index contributed by atoms with van der Waals surface area (Å²) in [4.78, 5) is 38.7. The molecule has 30 heavy (non-hydrogen) atoms. The molecule has 1 aromatic heterocycles. The van der Waals surface area contributed by atoms with E-state index in [0.717, 1.165) is 5.56 Å². The van der Waals surface area contributed by atoms with Crippen LogP contribution >= 0.6 is 0 Å². The van der Waals surface area contributed by atoms with Gasteiger partial charge in [-0.1, -0.05) is 12.1 Å². The van der Waals surface area contributed by atoms with Crippen LogP contribution in [0, 0.1) is 6.92 Å². The molecule has 2 aromatic rings. The Morgan fingerprint density at radius 2 is 1.80 bits per heavy atom. The first-order valence-corrected chi connectivity index (χ1v) is 8.96. The van der Waals surface area contributed by atoms with Gasteiger partial charge >= 0.3 is 11.9 Å². The lowest BCUT2D eigenvalue weighted by atomic mass is 10.1. The molecular weight excluding hydrogens is 388 g/mol. The molecule has 0 spiro atoms. The lowest BCUT2D eigenvalue weighted by Gasteiger charge is -2.25. The van der Waals surface area contributed by atoms with Crippen LogP contribution in [-0.2, 0) is 19.1 Å². The first-order chi connectivity index (χ1) is 14.5. The van der Waals surface area contributed by atoms with Gasteiger partial charge in [0.25, 0.3) is 5.91 Å². The van der Waals surface area contributed by atoms with Crippen molar-refractivity contribution in [1.82, 2.24) is 0 Å². The molecule has 0 bridgehead atoms. The normalized spacial score (nSPS) is 13.1. The summed E-state index contributed by atoms with van der Waals surface area (Å²) in [6.45, 7) is 1.84. The van der Waals surface area contributed by atoms with Crippen LogP contribution in [0.4, 0.5) is 11.4 Å². The number of anilines is 2. The predicted octanol–water partition coefficient (Wildman–Crippen LogP) is 3.33. The van der Waals surface area contributed by atoms with Gasteiger partial charge in [0.2, 0.25) is 0 Å². The van der Waals surface area contributed by atoms with Gasteiger partial charge in [0.15, 0.2) is 5.76 Å².